The van der Waals surface area contributed by atoms with Gasteiger partial charge in [-0.3, -0.25) is 4.98 Å². The van der Waals surface area contributed by atoms with Gasteiger partial charge in [0.05, 0.1) is 31.6 Å². The van der Waals surface area contributed by atoms with Crippen LogP contribution in [0.15, 0.2) is 48.7 Å². The van der Waals surface area contributed by atoms with Crippen LogP contribution >= 0.6 is 0 Å². The van der Waals surface area contributed by atoms with Crippen molar-refractivity contribution >= 4 is 34.2 Å². The number of carbonyl (C=O) groups is 2. The SMILES string of the molecule is CCCOC(=O)c1ccc(Nc2c(C(=O)OCC)cnc3c(OC)cccc23)cc1. The van der Waals surface area contributed by atoms with Crippen molar-refractivity contribution in [3.05, 3.63) is 59.8 Å². The van der Waals surface area contributed by atoms with Gasteiger partial charge >= 0.3 is 11.9 Å². The summed E-state index contributed by atoms with van der Waals surface area (Å²) in [7, 11) is 1.57. The fourth-order valence-electron chi connectivity index (χ4n) is 2.97. The third-order valence-corrected chi connectivity index (χ3v) is 4.40. The highest BCUT2D eigenvalue weighted by Gasteiger charge is 2.19. The van der Waals surface area contributed by atoms with Crippen LogP contribution in [0.4, 0.5) is 11.4 Å². The molecule has 1 aromatic heterocycles. The van der Waals surface area contributed by atoms with Crippen LogP contribution in [0.3, 0.4) is 0 Å². The standard InChI is InChI=1S/C23H24N2O5/c1-4-13-30-22(26)15-9-11-16(12-10-15)25-20-17-7-6-8-19(28-3)21(17)24-14-18(20)23(27)29-5-2/h6-12,14H,4-5,13H2,1-3H3,(H,24,25). The van der Waals surface area contributed by atoms with Gasteiger partial charge < -0.3 is 19.5 Å². The van der Waals surface area contributed by atoms with E-state index in [1.54, 1.807) is 44.4 Å². The maximum Gasteiger partial charge on any atom is 0.341 e. The number of pyridine rings is 1. The average molecular weight is 408 g/mol. The maximum absolute atomic E-state index is 12.5. The summed E-state index contributed by atoms with van der Waals surface area (Å²) < 4.78 is 15.7. The van der Waals surface area contributed by atoms with Crippen molar-refractivity contribution in [3.8, 4) is 5.75 Å². The Hall–Kier alpha value is -3.61. The van der Waals surface area contributed by atoms with Gasteiger partial charge in [0.25, 0.3) is 0 Å². The Morgan fingerprint density at radius 1 is 1.00 bits per heavy atom. The van der Waals surface area contributed by atoms with E-state index in [0.717, 1.165) is 6.42 Å². The van der Waals surface area contributed by atoms with Crippen LogP contribution < -0.4 is 10.1 Å². The molecule has 156 valence electrons. The van der Waals surface area contributed by atoms with Crippen molar-refractivity contribution in [2.24, 2.45) is 0 Å². The Bertz CT molecular complexity index is 1050. The number of aromatic nitrogens is 1. The molecule has 0 unspecified atom stereocenters. The van der Waals surface area contributed by atoms with Gasteiger partial charge in [0.2, 0.25) is 0 Å². The Labute approximate surface area is 175 Å². The molecule has 0 saturated carbocycles. The molecule has 0 saturated heterocycles. The molecule has 0 spiro atoms. The predicted octanol–water partition coefficient (Wildman–Crippen LogP) is 4.73. The zero-order valence-corrected chi connectivity index (χ0v) is 17.2. The second-order valence-electron chi connectivity index (χ2n) is 6.46. The van der Waals surface area contributed by atoms with Gasteiger partial charge in [0.1, 0.15) is 16.8 Å². The highest BCUT2D eigenvalue weighted by molar-refractivity contribution is 6.07. The molecule has 0 radical (unpaired) electrons. The molecule has 1 N–H and O–H groups in total. The fraction of sp³-hybridized carbons (Fsp3) is 0.261. The number of nitrogens with zero attached hydrogens (tertiary/aromatic N) is 1. The van der Waals surface area contributed by atoms with Gasteiger partial charge in [-0.1, -0.05) is 19.1 Å². The summed E-state index contributed by atoms with van der Waals surface area (Å²) in [5.74, 6) is -0.244. The molecular formula is C23H24N2O5. The van der Waals surface area contributed by atoms with E-state index in [4.69, 9.17) is 14.2 Å². The number of methoxy groups -OCH3 is 1. The molecular weight excluding hydrogens is 384 g/mol. The molecule has 3 aromatic rings. The van der Waals surface area contributed by atoms with Gasteiger partial charge in [-0.15, -0.1) is 0 Å². The first kappa shape index (κ1) is 21.1. The quantitative estimate of drug-likeness (QED) is 0.539. The number of anilines is 2. The molecule has 0 atom stereocenters. The first-order valence-corrected chi connectivity index (χ1v) is 9.76. The van der Waals surface area contributed by atoms with Gasteiger partial charge in [-0.25, -0.2) is 9.59 Å². The molecule has 30 heavy (non-hydrogen) atoms. The summed E-state index contributed by atoms with van der Waals surface area (Å²) in [4.78, 5) is 28.9. The minimum atomic E-state index is -0.475. The van der Waals surface area contributed by atoms with Crippen molar-refractivity contribution in [1.29, 1.82) is 0 Å². The zero-order valence-electron chi connectivity index (χ0n) is 17.2. The van der Waals surface area contributed by atoms with E-state index in [2.05, 4.69) is 10.3 Å². The largest absolute Gasteiger partial charge is 0.494 e. The summed E-state index contributed by atoms with van der Waals surface area (Å²) in [5.41, 5.74) is 2.64. The van der Waals surface area contributed by atoms with Gasteiger partial charge in [0, 0.05) is 17.3 Å². The molecule has 7 nitrogen and oxygen atoms in total. The zero-order chi connectivity index (χ0) is 21.5. The molecule has 7 heteroatoms. The molecule has 0 aliphatic heterocycles. The number of carbonyl (C=O) groups excluding carboxylic acids is 2. The Morgan fingerprint density at radius 3 is 2.43 bits per heavy atom. The molecule has 0 bridgehead atoms. The lowest BCUT2D eigenvalue weighted by Gasteiger charge is -2.15. The third-order valence-electron chi connectivity index (χ3n) is 4.40. The number of nitrogens with one attached hydrogen (secondary N) is 1. The summed E-state index contributed by atoms with van der Waals surface area (Å²) in [5, 5.41) is 3.98. The Kier molecular flexibility index (Phi) is 6.85. The molecule has 0 amide bonds. The normalized spacial score (nSPS) is 10.5. The highest BCUT2D eigenvalue weighted by Crippen LogP contribution is 2.34. The lowest BCUT2D eigenvalue weighted by Crippen LogP contribution is -2.10. The number of hydrogen-bond donors (Lipinski definition) is 1. The van der Waals surface area contributed by atoms with Crippen molar-refractivity contribution < 1.29 is 23.8 Å². The van der Waals surface area contributed by atoms with E-state index in [1.165, 1.54) is 6.20 Å². The number of para-hydroxylation sites is 1. The van der Waals surface area contributed by atoms with E-state index in [0.29, 0.717) is 45.8 Å². The van der Waals surface area contributed by atoms with Crippen LogP contribution in [0.25, 0.3) is 10.9 Å². The third kappa shape index (κ3) is 4.51. The number of rotatable bonds is 8. The van der Waals surface area contributed by atoms with Crippen molar-refractivity contribution in [2.45, 2.75) is 20.3 Å². The number of hydrogen-bond acceptors (Lipinski definition) is 7. The van der Waals surface area contributed by atoms with Crippen LogP contribution in [-0.2, 0) is 9.47 Å². The molecule has 3 rings (SSSR count). The first-order valence-electron chi connectivity index (χ1n) is 9.76. The lowest BCUT2D eigenvalue weighted by molar-refractivity contribution is 0.0501. The maximum atomic E-state index is 12.5. The minimum Gasteiger partial charge on any atom is -0.494 e. The first-order chi connectivity index (χ1) is 14.6. The van der Waals surface area contributed by atoms with Crippen LogP contribution in [0.5, 0.6) is 5.75 Å². The predicted molar refractivity (Wildman–Crippen MR) is 115 cm³/mol. The monoisotopic (exact) mass is 408 g/mol. The van der Waals surface area contributed by atoms with Crippen molar-refractivity contribution in [1.82, 2.24) is 4.98 Å². The van der Waals surface area contributed by atoms with E-state index in [9.17, 15) is 9.59 Å². The second kappa shape index (κ2) is 9.73. The average Bonchev–Trinajstić information content (AvgIpc) is 2.77. The Balaban J connectivity index is 2.00. The van der Waals surface area contributed by atoms with E-state index in [1.807, 2.05) is 19.1 Å². The van der Waals surface area contributed by atoms with E-state index in [-0.39, 0.29) is 12.6 Å². The van der Waals surface area contributed by atoms with Gasteiger partial charge in [0.15, 0.2) is 0 Å². The summed E-state index contributed by atoms with van der Waals surface area (Å²) >= 11 is 0. The minimum absolute atomic E-state index is 0.253. The number of ether oxygens (including phenoxy) is 3. The number of benzene rings is 2. The molecule has 0 fully saturated rings. The molecule has 2 aromatic carbocycles. The topological polar surface area (TPSA) is 86.8 Å². The Morgan fingerprint density at radius 2 is 1.77 bits per heavy atom. The lowest BCUT2D eigenvalue weighted by atomic mass is 10.1. The van der Waals surface area contributed by atoms with Gasteiger partial charge in [-0.2, -0.15) is 0 Å². The van der Waals surface area contributed by atoms with Crippen molar-refractivity contribution in [3.63, 3.8) is 0 Å². The summed E-state index contributed by atoms with van der Waals surface area (Å²) in [6, 6.07) is 12.3. The number of esters is 2. The fourth-order valence-corrected chi connectivity index (χ4v) is 2.97. The highest BCUT2D eigenvalue weighted by atomic mass is 16.5. The molecule has 0 aliphatic carbocycles. The molecule has 0 aliphatic rings. The molecule has 1 heterocycles. The van der Waals surface area contributed by atoms with Crippen LogP contribution in [0, 0.1) is 0 Å². The van der Waals surface area contributed by atoms with Gasteiger partial charge in [-0.05, 0) is 43.7 Å². The summed E-state index contributed by atoms with van der Waals surface area (Å²) in [6.07, 6.45) is 2.24. The second-order valence-corrected chi connectivity index (χ2v) is 6.46. The van der Waals surface area contributed by atoms with Crippen LogP contribution in [0.1, 0.15) is 41.0 Å². The van der Waals surface area contributed by atoms with E-state index >= 15 is 0 Å². The van der Waals surface area contributed by atoms with Crippen molar-refractivity contribution in [2.75, 3.05) is 25.6 Å². The number of fused-ring (bicyclic) bond motifs is 1. The smallest absolute Gasteiger partial charge is 0.341 e. The summed E-state index contributed by atoms with van der Waals surface area (Å²) in [6.45, 7) is 4.32. The van der Waals surface area contributed by atoms with Crippen LogP contribution in [0.2, 0.25) is 0 Å². The van der Waals surface area contributed by atoms with E-state index < -0.39 is 5.97 Å². The van der Waals surface area contributed by atoms with Crippen LogP contribution in [-0.4, -0.2) is 37.2 Å².